The monoisotopic (exact) mass is 162 g/mol. The zero-order valence-electron chi connectivity index (χ0n) is 8.25. The van der Waals surface area contributed by atoms with Crippen molar-refractivity contribution < 1.29 is 0 Å². The summed E-state index contributed by atoms with van der Waals surface area (Å²) in [4.78, 5) is 0. The fourth-order valence-corrected chi connectivity index (χ4v) is 0.868. The molecule has 1 aromatic rings. The molecule has 0 heterocycles. The summed E-state index contributed by atoms with van der Waals surface area (Å²) in [6.07, 6.45) is 5.29. The standard InChI is InChI=1S/C10H12.C2H6/c1-2-3-7-10-8-5-4-6-9-10;1-2/h2-6,8-9H,7H2,1H3;1-2H3/b3-2-;. The van der Waals surface area contributed by atoms with Crippen LogP contribution in [0, 0.1) is 0 Å². The van der Waals surface area contributed by atoms with Gasteiger partial charge in [-0.25, -0.2) is 0 Å². The first-order chi connectivity index (χ1) is 5.93. The van der Waals surface area contributed by atoms with Crippen molar-refractivity contribution in [3.63, 3.8) is 0 Å². The van der Waals surface area contributed by atoms with E-state index in [9.17, 15) is 0 Å². The normalized spacial score (nSPS) is 9.25. The van der Waals surface area contributed by atoms with Gasteiger partial charge in [-0.3, -0.25) is 0 Å². The van der Waals surface area contributed by atoms with Crippen LogP contribution in [0.5, 0.6) is 0 Å². The Labute approximate surface area is 75.9 Å². The van der Waals surface area contributed by atoms with Gasteiger partial charge in [-0.2, -0.15) is 0 Å². The number of benzene rings is 1. The molecule has 0 unspecified atom stereocenters. The first kappa shape index (κ1) is 11.0. The van der Waals surface area contributed by atoms with E-state index in [1.807, 2.05) is 26.8 Å². The Morgan fingerprint density at radius 1 is 1.08 bits per heavy atom. The van der Waals surface area contributed by atoms with Gasteiger partial charge in [0, 0.05) is 0 Å². The third-order valence-electron chi connectivity index (χ3n) is 1.43. The summed E-state index contributed by atoms with van der Waals surface area (Å²) < 4.78 is 0. The maximum atomic E-state index is 2.16. The molecular formula is C12H18. The molecule has 0 nitrogen and oxygen atoms in total. The van der Waals surface area contributed by atoms with Crippen molar-refractivity contribution in [3.05, 3.63) is 48.0 Å². The van der Waals surface area contributed by atoms with Gasteiger partial charge >= 0.3 is 0 Å². The topological polar surface area (TPSA) is 0 Å². The summed E-state index contributed by atoms with van der Waals surface area (Å²) >= 11 is 0. The molecule has 0 aliphatic heterocycles. The average molecular weight is 162 g/mol. The van der Waals surface area contributed by atoms with Gasteiger partial charge in [-0.15, -0.1) is 0 Å². The van der Waals surface area contributed by atoms with Crippen molar-refractivity contribution in [1.82, 2.24) is 0 Å². The zero-order chi connectivity index (χ0) is 9.23. The summed E-state index contributed by atoms with van der Waals surface area (Å²) in [7, 11) is 0. The largest absolute Gasteiger partial charge is 0.0913 e. The fourth-order valence-electron chi connectivity index (χ4n) is 0.868. The van der Waals surface area contributed by atoms with E-state index in [0.29, 0.717) is 0 Å². The lowest BCUT2D eigenvalue weighted by Gasteiger charge is -1.92. The van der Waals surface area contributed by atoms with Crippen LogP contribution in [0.25, 0.3) is 0 Å². The molecule has 0 bridgehead atoms. The Kier molecular flexibility index (Phi) is 7.36. The number of allylic oxidation sites excluding steroid dienone is 2. The van der Waals surface area contributed by atoms with Crippen molar-refractivity contribution in [2.24, 2.45) is 0 Å². The zero-order valence-corrected chi connectivity index (χ0v) is 8.25. The highest BCUT2D eigenvalue weighted by molar-refractivity contribution is 5.17. The molecule has 0 aliphatic rings. The van der Waals surface area contributed by atoms with E-state index in [2.05, 4.69) is 36.4 Å². The van der Waals surface area contributed by atoms with Gasteiger partial charge in [-0.1, -0.05) is 56.3 Å². The Morgan fingerprint density at radius 2 is 1.67 bits per heavy atom. The molecule has 0 aromatic heterocycles. The maximum absolute atomic E-state index is 2.16. The molecule has 0 aliphatic carbocycles. The number of rotatable bonds is 2. The Hall–Kier alpha value is -1.04. The molecule has 0 heteroatoms. The van der Waals surface area contributed by atoms with E-state index in [0.717, 1.165) is 6.42 Å². The summed E-state index contributed by atoms with van der Waals surface area (Å²) in [6, 6.07) is 10.5. The summed E-state index contributed by atoms with van der Waals surface area (Å²) in [5.41, 5.74) is 1.38. The van der Waals surface area contributed by atoms with Crippen molar-refractivity contribution in [3.8, 4) is 0 Å². The smallest absolute Gasteiger partial charge is 0.00976 e. The highest BCUT2D eigenvalue weighted by Gasteiger charge is 1.83. The second-order valence-corrected chi connectivity index (χ2v) is 2.26. The highest BCUT2D eigenvalue weighted by atomic mass is 13.9. The van der Waals surface area contributed by atoms with Crippen LogP contribution in [0.1, 0.15) is 26.3 Å². The van der Waals surface area contributed by atoms with Crippen LogP contribution >= 0.6 is 0 Å². The van der Waals surface area contributed by atoms with Gasteiger partial charge in [0.1, 0.15) is 0 Å². The quantitative estimate of drug-likeness (QED) is 0.580. The lowest BCUT2D eigenvalue weighted by molar-refractivity contribution is 1.26. The first-order valence-corrected chi connectivity index (χ1v) is 4.58. The third kappa shape index (κ3) is 4.73. The summed E-state index contributed by atoms with van der Waals surface area (Å²) in [6.45, 7) is 6.04. The van der Waals surface area contributed by atoms with Crippen LogP contribution in [0.2, 0.25) is 0 Å². The lowest BCUT2D eigenvalue weighted by Crippen LogP contribution is -1.76. The second-order valence-electron chi connectivity index (χ2n) is 2.26. The molecule has 0 N–H and O–H groups in total. The SMILES string of the molecule is C/C=C\Cc1ccccc1.CC. The van der Waals surface area contributed by atoms with Gasteiger partial charge in [-0.05, 0) is 18.9 Å². The predicted octanol–water partition coefficient (Wildman–Crippen LogP) is 3.83. The van der Waals surface area contributed by atoms with Crippen LogP contribution in [0.15, 0.2) is 42.5 Å². The summed E-state index contributed by atoms with van der Waals surface area (Å²) in [5.74, 6) is 0. The minimum absolute atomic E-state index is 1.05. The minimum Gasteiger partial charge on any atom is -0.0913 e. The minimum atomic E-state index is 1.05. The van der Waals surface area contributed by atoms with Gasteiger partial charge in [0.25, 0.3) is 0 Å². The van der Waals surface area contributed by atoms with Crippen LogP contribution in [-0.2, 0) is 6.42 Å². The van der Waals surface area contributed by atoms with Crippen LogP contribution in [0.4, 0.5) is 0 Å². The Balaban J connectivity index is 0.000000561. The molecule has 0 radical (unpaired) electrons. The second kappa shape index (κ2) is 8.06. The van der Waals surface area contributed by atoms with E-state index in [1.165, 1.54) is 5.56 Å². The molecule has 1 aromatic carbocycles. The van der Waals surface area contributed by atoms with E-state index in [1.54, 1.807) is 0 Å². The van der Waals surface area contributed by atoms with E-state index in [-0.39, 0.29) is 0 Å². The van der Waals surface area contributed by atoms with Crippen LogP contribution in [-0.4, -0.2) is 0 Å². The molecule has 1 rings (SSSR count). The molecule has 0 fully saturated rings. The number of hydrogen-bond acceptors (Lipinski definition) is 0. The molecular weight excluding hydrogens is 144 g/mol. The molecule has 12 heavy (non-hydrogen) atoms. The van der Waals surface area contributed by atoms with Gasteiger partial charge in [0.2, 0.25) is 0 Å². The maximum Gasteiger partial charge on any atom is -0.00976 e. The van der Waals surface area contributed by atoms with Gasteiger partial charge in [0.15, 0.2) is 0 Å². The van der Waals surface area contributed by atoms with Crippen molar-refractivity contribution >= 4 is 0 Å². The van der Waals surface area contributed by atoms with E-state index < -0.39 is 0 Å². The van der Waals surface area contributed by atoms with Crippen molar-refractivity contribution in [2.45, 2.75) is 27.2 Å². The van der Waals surface area contributed by atoms with E-state index >= 15 is 0 Å². The first-order valence-electron chi connectivity index (χ1n) is 4.58. The predicted molar refractivity (Wildman–Crippen MR) is 56.3 cm³/mol. The molecule has 66 valence electrons. The fraction of sp³-hybridized carbons (Fsp3) is 0.333. The van der Waals surface area contributed by atoms with Crippen LogP contribution < -0.4 is 0 Å². The third-order valence-corrected chi connectivity index (χ3v) is 1.43. The lowest BCUT2D eigenvalue weighted by atomic mass is 10.1. The summed E-state index contributed by atoms with van der Waals surface area (Å²) in [5, 5.41) is 0. The molecule has 0 spiro atoms. The van der Waals surface area contributed by atoms with E-state index in [4.69, 9.17) is 0 Å². The van der Waals surface area contributed by atoms with Crippen LogP contribution in [0.3, 0.4) is 0 Å². The number of hydrogen-bond donors (Lipinski definition) is 0. The highest BCUT2D eigenvalue weighted by Crippen LogP contribution is 1.99. The molecule has 0 saturated carbocycles. The molecule has 0 atom stereocenters. The molecule has 0 saturated heterocycles. The van der Waals surface area contributed by atoms with Gasteiger partial charge < -0.3 is 0 Å². The van der Waals surface area contributed by atoms with Gasteiger partial charge in [0.05, 0.1) is 0 Å². The van der Waals surface area contributed by atoms with Crippen molar-refractivity contribution in [1.29, 1.82) is 0 Å². The Morgan fingerprint density at radius 3 is 2.17 bits per heavy atom. The van der Waals surface area contributed by atoms with Crippen molar-refractivity contribution in [2.75, 3.05) is 0 Å². The molecule has 0 amide bonds. The average Bonchev–Trinajstić information content (AvgIpc) is 2.19. The Bertz CT molecular complexity index is 197.